The summed E-state index contributed by atoms with van der Waals surface area (Å²) in [5.74, 6) is 0.275. The molecule has 2 fully saturated rings. The number of rotatable bonds is 5. The van der Waals surface area contributed by atoms with Gasteiger partial charge < -0.3 is 14.7 Å². The number of likely N-dealkylation sites (tertiary alicyclic amines) is 1. The molecule has 22 heavy (non-hydrogen) atoms. The molecule has 5 nitrogen and oxygen atoms in total. The molecule has 1 amide bonds. The minimum atomic E-state index is -0.703. The van der Waals surface area contributed by atoms with Gasteiger partial charge in [-0.3, -0.25) is 9.59 Å². The number of benzene rings is 1. The van der Waals surface area contributed by atoms with E-state index in [0.29, 0.717) is 30.3 Å². The predicted octanol–water partition coefficient (Wildman–Crippen LogP) is 2.27. The zero-order valence-electron chi connectivity index (χ0n) is 12.9. The highest BCUT2D eigenvalue weighted by Crippen LogP contribution is 2.47. The van der Waals surface area contributed by atoms with E-state index in [0.717, 1.165) is 6.42 Å². The van der Waals surface area contributed by atoms with Gasteiger partial charge in [0.1, 0.15) is 5.75 Å². The van der Waals surface area contributed by atoms with Crippen LogP contribution in [0.4, 0.5) is 0 Å². The molecule has 2 atom stereocenters. The number of carboxylic acids is 1. The number of carbonyl (C=O) groups is 2. The van der Waals surface area contributed by atoms with E-state index in [2.05, 4.69) is 0 Å². The molecule has 1 aliphatic heterocycles. The normalized spacial score (nSPS) is 24.0. The topological polar surface area (TPSA) is 66.8 Å². The zero-order chi connectivity index (χ0) is 15.9. The summed E-state index contributed by atoms with van der Waals surface area (Å²) in [6.45, 7) is 5.17. The molecule has 1 saturated heterocycles. The van der Waals surface area contributed by atoms with Crippen LogP contribution in [-0.4, -0.2) is 41.1 Å². The lowest BCUT2D eigenvalue weighted by molar-refractivity contribution is -0.139. The fourth-order valence-electron chi connectivity index (χ4n) is 3.14. The minimum absolute atomic E-state index is 0.0147. The molecule has 1 aromatic rings. The van der Waals surface area contributed by atoms with Crippen LogP contribution in [0.5, 0.6) is 5.75 Å². The van der Waals surface area contributed by atoms with Gasteiger partial charge in [0.15, 0.2) is 0 Å². The number of aliphatic carboxylic acids is 1. The van der Waals surface area contributed by atoms with Crippen molar-refractivity contribution in [3.63, 3.8) is 0 Å². The standard InChI is InChI=1S/C17H21NO4/c1-10(2)22-15-6-4-3-5-12(15)16(19)18-8-11(9-18)13-7-14(13)17(20)21/h3-6,10-11,13-14H,7-9H2,1-2H3,(H,20,21)/t13-,14+/m0/s1. The third kappa shape index (κ3) is 2.80. The highest BCUT2D eigenvalue weighted by molar-refractivity contribution is 5.97. The fourth-order valence-corrected chi connectivity index (χ4v) is 3.14. The SMILES string of the molecule is CC(C)Oc1ccccc1C(=O)N1CC([C@@H]2C[C@H]2C(=O)O)C1. The van der Waals surface area contributed by atoms with Gasteiger partial charge in [0.05, 0.1) is 17.6 Å². The van der Waals surface area contributed by atoms with Crippen molar-refractivity contribution in [2.75, 3.05) is 13.1 Å². The summed E-state index contributed by atoms with van der Waals surface area (Å²) < 4.78 is 5.70. The third-order valence-corrected chi connectivity index (χ3v) is 4.44. The van der Waals surface area contributed by atoms with Crippen LogP contribution in [0.15, 0.2) is 24.3 Å². The Morgan fingerprint density at radius 2 is 1.95 bits per heavy atom. The first-order chi connectivity index (χ1) is 10.5. The lowest BCUT2D eigenvalue weighted by atomic mass is 9.92. The average molecular weight is 303 g/mol. The fraction of sp³-hybridized carbons (Fsp3) is 0.529. The first-order valence-electron chi connectivity index (χ1n) is 7.75. The van der Waals surface area contributed by atoms with Gasteiger partial charge >= 0.3 is 5.97 Å². The maximum Gasteiger partial charge on any atom is 0.306 e. The van der Waals surface area contributed by atoms with Crippen LogP contribution in [-0.2, 0) is 4.79 Å². The van der Waals surface area contributed by atoms with Crippen LogP contribution in [0.25, 0.3) is 0 Å². The number of carboxylic acid groups (broad SMARTS) is 1. The van der Waals surface area contributed by atoms with Crippen molar-refractivity contribution in [1.29, 1.82) is 0 Å². The molecule has 2 aliphatic rings. The predicted molar refractivity (Wildman–Crippen MR) is 80.8 cm³/mol. The summed E-state index contributed by atoms with van der Waals surface area (Å²) >= 11 is 0. The maximum absolute atomic E-state index is 12.6. The van der Waals surface area contributed by atoms with Gasteiger partial charge in [-0.15, -0.1) is 0 Å². The van der Waals surface area contributed by atoms with Crippen molar-refractivity contribution in [3.05, 3.63) is 29.8 Å². The van der Waals surface area contributed by atoms with E-state index >= 15 is 0 Å². The summed E-state index contributed by atoms with van der Waals surface area (Å²) in [7, 11) is 0. The summed E-state index contributed by atoms with van der Waals surface area (Å²) in [6.07, 6.45) is 0.774. The molecule has 3 rings (SSSR count). The summed E-state index contributed by atoms with van der Waals surface area (Å²) in [6, 6.07) is 7.28. The molecule has 0 unspecified atom stereocenters. The second-order valence-electron chi connectivity index (χ2n) is 6.48. The Balaban J connectivity index is 1.61. The molecule has 118 valence electrons. The maximum atomic E-state index is 12.6. The second kappa shape index (κ2) is 5.63. The minimum Gasteiger partial charge on any atom is -0.490 e. The molecule has 1 aliphatic carbocycles. The van der Waals surface area contributed by atoms with E-state index in [-0.39, 0.29) is 23.8 Å². The number of hydrogen-bond donors (Lipinski definition) is 1. The summed E-state index contributed by atoms with van der Waals surface area (Å²) in [5, 5.41) is 8.97. The molecule has 0 radical (unpaired) electrons. The second-order valence-corrected chi connectivity index (χ2v) is 6.48. The molecule has 1 N–H and O–H groups in total. The Morgan fingerprint density at radius 1 is 1.27 bits per heavy atom. The number of nitrogens with zero attached hydrogens (tertiary/aromatic N) is 1. The zero-order valence-corrected chi connectivity index (χ0v) is 12.9. The van der Waals surface area contributed by atoms with Gasteiger partial charge in [-0.1, -0.05) is 12.1 Å². The van der Waals surface area contributed by atoms with Gasteiger partial charge in [-0.05, 0) is 44.2 Å². The van der Waals surface area contributed by atoms with Crippen molar-refractivity contribution in [1.82, 2.24) is 4.90 Å². The van der Waals surface area contributed by atoms with Crippen LogP contribution in [0.3, 0.4) is 0 Å². The Morgan fingerprint density at radius 3 is 2.55 bits per heavy atom. The molecule has 0 bridgehead atoms. The van der Waals surface area contributed by atoms with Gasteiger partial charge in [0.25, 0.3) is 5.91 Å². The molecule has 0 spiro atoms. The Kier molecular flexibility index (Phi) is 3.81. The van der Waals surface area contributed by atoms with Crippen LogP contribution >= 0.6 is 0 Å². The van der Waals surface area contributed by atoms with Crippen molar-refractivity contribution in [2.24, 2.45) is 17.8 Å². The molecule has 1 heterocycles. The quantitative estimate of drug-likeness (QED) is 0.906. The number of hydrogen-bond acceptors (Lipinski definition) is 3. The molecule has 0 aromatic heterocycles. The molecule has 5 heteroatoms. The molecule has 1 saturated carbocycles. The van der Waals surface area contributed by atoms with Crippen molar-refractivity contribution < 1.29 is 19.4 Å². The molecular weight excluding hydrogens is 282 g/mol. The number of ether oxygens (including phenoxy) is 1. The Hall–Kier alpha value is -2.04. The van der Waals surface area contributed by atoms with E-state index in [1.807, 2.05) is 32.0 Å². The van der Waals surface area contributed by atoms with Crippen LogP contribution in [0.1, 0.15) is 30.6 Å². The van der Waals surface area contributed by atoms with Crippen molar-refractivity contribution >= 4 is 11.9 Å². The van der Waals surface area contributed by atoms with Gasteiger partial charge in [-0.2, -0.15) is 0 Å². The molecular formula is C17H21NO4. The number of para-hydroxylation sites is 1. The van der Waals surface area contributed by atoms with Crippen molar-refractivity contribution in [3.8, 4) is 5.75 Å². The van der Waals surface area contributed by atoms with Crippen molar-refractivity contribution in [2.45, 2.75) is 26.4 Å². The lowest BCUT2D eigenvalue weighted by Gasteiger charge is -2.40. The summed E-state index contributed by atoms with van der Waals surface area (Å²) in [4.78, 5) is 25.2. The monoisotopic (exact) mass is 303 g/mol. The van der Waals surface area contributed by atoms with E-state index in [4.69, 9.17) is 9.84 Å². The number of amides is 1. The highest BCUT2D eigenvalue weighted by atomic mass is 16.5. The largest absolute Gasteiger partial charge is 0.490 e. The van der Waals surface area contributed by atoms with Crippen LogP contribution < -0.4 is 4.74 Å². The van der Waals surface area contributed by atoms with E-state index in [1.165, 1.54) is 0 Å². The lowest BCUT2D eigenvalue weighted by Crippen LogP contribution is -2.51. The van der Waals surface area contributed by atoms with Crippen LogP contribution in [0.2, 0.25) is 0 Å². The van der Waals surface area contributed by atoms with Gasteiger partial charge in [0.2, 0.25) is 0 Å². The average Bonchev–Trinajstić information content (AvgIpc) is 3.17. The van der Waals surface area contributed by atoms with E-state index in [9.17, 15) is 9.59 Å². The van der Waals surface area contributed by atoms with Gasteiger partial charge in [-0.25, -0.2) is 0 Å². The first kappa shape index (κ1) is 14.9. The highest BCUT2D eigenvalue weighted by Gasteiger charge is 2.52. The Labute approximate surface area is 129 Å². The Bertz CT molecular complexity index is 592. The van der Waals surface area contributed by atoms with Crippen LogP contribution in [0, 0.1) is 17.8 Å². The molecule has 1 aromatic carbocycles. The first-order valence-corrected chi connectivity index (χ1v) is 7.75. The number of carbonyl (C=O) groups excluding carboxylic acids is 1. The smallest absolute Gasteiger partial charge is 0.306 e. The van der Waals surface area contributed by atoms with E-state index < -0.39 is 5.97 Å². The van der Waals surface area contributed by atoms with Gasteiger partial charge in [0, 0.05) is 13.1 Å². The van der Waals surface area contributed by atoms with E-state index in [1.54, 1.807) is 11.0 Å². The third-order valence-electron chi connectivity index (χ3n) is 4.44. The summed E-state index contributed by atoms with van der Waals surface area (Å²) in [5.41, 5.74) is 0.584.